The third kappa shape index (κ3) is 1.79. The van der Waals surface area contributed by atoms with Crippen LogP contribution in [-0.4, -0.2) is 0 Å². The molecule has 0 amide bonds. The Hall–Kier alpha value is -1.38. The lowest BCUT2D eigenvalue weighted by Gasteiger charge is -2.12. The van der Waals surface area contributed by atoms with Crippen molar-refractivity contribution in [3.63, 3.8) is 0 Å². The predicted octanol–water partition coefficient (Wildman–Crippen LogP) is 6.67. The van der Waals surface area contributed by atoms with Gasteiger partial charge in [-0.05, 0) is 75.8 Å². The van der Waals surface area contributed by atoms with Crippen LogP contribution in [0.2, 0.25) is 0 Å². The predicted molar refractivity (Wildman–Crippen MR) is 96.0 cm³/mol. The molecule has 0 nitrogen and oxygen atoms in total. The molecule has 0 bridgehead atoms. The lowest BCUT2D eigenvalue weighted by atomic mass is 9.92. The average molecular weight is 386 g/mol. The lowest BCUT2D eigenvalue weighted by Crippen LogP contribution is -1.85. The maximum atomic E-state index is 3.46. The van der Waals surface area contributed by atoms with Crippen LogP contribution in [0.5, 0.6) is 0 Å². The normalized spacial score (nSPS) is 11.5. The minimum atomic E-state index is 0.958. The fourth-order valence-electron chi connectivity index (χ4n) is 3.00. The Morgan fingerprint density at radius 2 is 1.30 bits per heavy atom. The summed E-state index contributed by atoms with van der Waals surface area (Å²) in [6, 6.07) is 19.7. The minimum absolute atomic E-state index is 0.958. The van der Waals surface area contributed by atoms with Crippen LogP contribution < -0.4 is 0 Å². The largest absolute Gasteiger partial charge is 0.0610 e. The maximum Gasteiger partial charge on any atom is 0.0610 e. The van der Waals surface area contributed by atoms with Crippen LogP contribution in [0.15, 0.2) is 58.0 Å². The molecule has 0 unspecified atom stereocenters. The van der Waals surface area contributed by atoms with Gasteiger partial charge < -0.3 is 0 Å². The van der Waals surface area contributed by atoms with Crippen LogP contribution in [0, 0.1) is 0 Å². The number of benzene rings is 4. The van der Waals surface area contributed by atoms with Crippen LogP contribution in [0.25, 0.3) is 38.4 Å². The van der Waals surface area contributed by atoms with Gasteiger partial charge in [-0.2, -0.15) is 0 Å². The van der Waals surface area contributed by atoms with Crippen molar-refractivity contribution in [2.24, 2.45) is 0 Å². The lowest BCUT2D eigenvalue weighted by molar-refractivity contribution is 1.75. The number of hydrogen-bond acceptors (Lipinski definition) is 0. The van der Waals surface area contributed by atoms with Crippen molar-refractivity contribution in [2.45, 2.75) is 0 Å². The van der Waals surface area contributed by atoms with E-state index in [0.29, 0.717) is 0 Å². The molecule has 0 radical (unpaired) electrons. The molecule has 0 aromatic heterocycles. The Balaban J connectivity index is 2.29. The van der Waals surface area contributed by atoms with Gasteiger partial charge in [0.15, 0.2) is 0 Å². The van der Waals surface area contributed by atoms with Crippen molar-refractivity contribution in [1.29, 1.82) is 0 Å². The average Bonchev–Trinajstić information content (AvgIpc) is 2.46. The summed E-state index contributed by atoms with van der Waals surface area (Å²) in [6.45, 7) is 0. The van der Waals surface area contributed by atoms with Gasteiger partial charge in [0.2, 0.25) is 0 Å². The second-order valence-electron chi connectivity index (χ2n) is 4.94. The molecule has 4 aromatic rings. The molecule has 0 fully saturated rings. The zero-order valence-electron chi connectivity index (χ0n) is 10.5. The molecule has 0 aliphatic carbocycles. The number of rotatable bonds is 1. The fourth-order valence-corrected chi connectivity index (χ4v) is 3.49. The highest BCUT2D eigenvalue weighted by Gasteiger charge is 2.09. The van der Waals surface area contributed by atoms with E-state index in [1.807, 2.05) is 0 Å². The van der Waals surface area contributed by atoms with Crippen LogP contribution >= 0.6 is 31.9 Å². The SMILES string of the molecule is BrC(Br)=Cc1ccc2ccc3cccc4ccc1c2c34. The van der Waals surface area contributed by atoms with Crippen LogP contribution in [0.3, 0.4) is 0 Å². The van der Waals surface area contributed by atoms with Gasteiger partial charge in [0.1, 0.15) is 0 Å². The molecule has 0 saturated heterocycles. The van der Waals surface area contributed by atoms with E-state index < -0.39 is 0 Å². The van der Waals surface area contributed by atoms with Crippen LogP contribution in [0.4, 0.5) is 0 Å². The van der Waals surface area contributed by atoms with E-state index in [0.717, 1.165) is 3.39 Å². The van der Waals surface area contributed by atoms with Gasteiger partial charge in [-0.1, -0.05) is 54.6 Å². The van der Waals surface area contributed by atoms with Crippen molar-refractivity contribution in [3.05, 3.63) is 63.6 Å². The van der Waals surface area contributed by atoms with Gasteiger partial charge >= 0.3 is 0 Å². The third-order valence-electron chi connectivity index (χ3n) is 3.83. The Labute approximate surface area is 133 Å². The second-order valence-corrected chi connectivity index (χ2v) is 7.72. The van der Waals surface area contributed by atoms with Crippen molar-refractivity contribution in [3.8, 4) is 0 Å². The smallest absolute Gasteiger partial charge is 0.0610 e. The highest BCUT2D eigenvalue weighted by molar-refractivity contribution is 9.28. The van der Waals surface area contributed by atoms with E-state index >= 15 is 0 Å². The highest BCUT2D eigenvalue weighted by atomic mass is 79.9. The zero-order valence-corrected chi connectivity index (χ0v) is 13.7. The van der Waals surface area contributed by atoms with Gasteiger partial charge in [-0.3, -0.25) is 0 Å². The minimum Gasteiger partial charge on any atom is -0.0610 e. The summed E-state index contributed by atoms with van der Waals surface area (Å²) in [5.74, 6) is 0. The monoisotopic (exact) mass is 384 g/mol. The maximum absolute atomic E-state index is 3.46. The van der Waals surface area contributed by atoms with E-state index in [2.05, 4.69) is 92.5 Å². The fraction of sp³-hybridized carbons (Fsp3) is 0. The van der Waals surface area contributed by atoms with E-state index in [-0.39, 0.29) is 0 Å². The first-order valence-corrected chi connectivity index (χ1v) is 8.02. The topological polar surface area (TPSA) is 0 Å². The Bertz CT molecular complexity index is 947. The first kappa shape index (κ1) is 12.4. The molecule has 2 heteroatoms. The first-order chi connectivity index (χ1) is 9.74. The number of halogens is 2. The van der Waals surface area contributed by atoms with E-state index in [9.17, 15) is 0 Å². The molecule has 20 heavy (non-hydrogen) atoms. The Morgan fingerprint density at radius 3 is 2.00 bits per heavy atom. The molecule has 96 valence electrons. The summed E-state index contributed by atoms with van der Waals surface area (Å²) >= 11 is 6.91. The van der Waals surface area contributed by atoms with Crippen LogP contribution in [0.1, 0.15) is 5.56 Å². The molecule has 0 spiro atoms. The molecule has 4 rings (SSSR count). The van der Waals surface area contributed by atoms with E-state index in [4.69, 9.17) is 0 Å². The van der Waals surface area contributed by atoms with E-state index in [1.165, 1.54) is 37.9 Å². The van der Waals surface area contributed by atoms with Gasteiger partial charge in [0, 0.05) is 0 Å². The summed E-state index contributed by atoms with van der Waals surface area (Å²) in [5.41, 5.74) is 1.22. The molecule has 0 aliphatic heterocycles. The van der Waals surface area contributed by atoms with Gasteiger partial charge in [-0.25, -0.2) is 0 Å². The quantitative estimate of drug-likeness (QED) is 0.321. The zero-order chi connectivity index (χ0) is 13.7. The Kier molecular flexibility index (Phi) is 2.83. The third-order valence-corrected chi connectivity index (χ3v) is 4.28. The standard InChI is InChI=1S/C18H10Br2/c19-16(20)10-14-7-6-13-5-4-11-2-1-3-12-8-9-15(14)18(13)17(11)12/h1-10H. The first-order valence-electron chi connectivity index (χ1n) is 6.43. The number of hydrogen-bond donors (Lipinski definition) is 0. The molecule has 0 atom stereocenters. The summed E-state index contributed by atoms with van der Waals surface area (Å²) in [7, 11) is 0. The molecule has 0 heterocycles. The highest BCUT2D eigenvalue weighted by Crippen LogP contribution is 2.36. The summed E-state index contributed by atoms with van der Waals surface area (Å²) < 4.78 is 0.958. The van der Waals surface area contributed by atoms with Crippen molar-refractivity contribution >= 4 is 70.3 Å². The molecule has 4 aromatic carbocycles. The van der Waals surface area contributed by atoms with E-state index in [1.54, 1.807) is 0 Å². The summed E-state index contributed by atoms with van der Waals surface area (Å²) in [6.07, 6.45) is 2.10. The van der Waals surface area contributed by atoms with Crippen LogP contribution in [-0.2, 0) is 0 Å². The summed E-state index contributed by atoms with van der Waals surface area (Å²) in [4.78, 5) is 0. The molecular weight excluding hydrogens is 376 g/mol. The molecular formula is C18H10Br2. The second kappa shape index (κ2) is 4.57. The molecule has 0 aliphatic rings. The van der Waals surface area contributed by atoms with Crippen molar-refractivity contribution < 1.29 is 0 Å². The molecule has 0 saturated carbocycles. The summed E-state index contributed by atoms with van der Waals surface area (Å²) in [5, 5.41) is 7.92. The van der Waals surface area contributed by atoms with Crippen molar-refractivity contribution in [2.75, 3.05) is 0 Å². The van der Waals surface area contributed by atoms with Gasteiger partial charge in [0.25, 0.3) is 0 Å². The van der Waals surface area contributed by atoms with Crippen molar-refractivity contribution in [1.82, 2.24) is 0 Å². The molecule has 0 N–H and O–H groups in total. The van der Waals surface area contributed by atoms with Gasteiger partial charge in [-0.15, -0.1) is 0 Å². The van der Waals surface area contributed by atoms with Gasteiger partial charge in [0.05, 0.1) is 3.39 Å². The Morgan fingerprint density at radius 1 is 0.700 bits per heavy atom.